The van der Waals surface area contributed by atoms with Crippen molar-refractivity contribution >= 4 is 11.8 Å². The molecule has 0 bridgehead atoms. The molecular formula is C8H12N4O2. The van der Waals surface area contributed by atoms with Crippen LogP contribution in [0.25, 0.3) is 0 Å². The first kappa shape index (κ1) is 10.2. The Labute approximate surface area is 81.1 Å². The minimum Gasteiger partial charge on any atom is -0.355 e. The third-order valence-electron chi connectivity index (χ3n) is 1.50. The number of nitrogens with one attached hydrogen (secondary N) is 3. The highest BCUT2D eigenvalue weighted by atomic mass is 16.2. The molecule has 1 aromatic rings. The maximum Gasteiger partial charge on any atom is 0.287 e. The van der Waals surface area contributed by atoms with E-state index in [2.05, 4.69) is 20.6 Å². The quantitative estimate of drug-likeness (QED) is 0.555. The van der Waals surface area contributed by atoms with Gasteiger partial charge in [0.2, 0.25) is 5.91 Å². The molecule has 14 heavy (non-hydrogen) atoms. The van der Waals surface area contributed by atoms with Gasteiger partial charge >= 0.3 is 0 Å². The highest BCUT2D eigenvalue weighted by molar-refractivity contribution is 5.90. The molecular weight excluding hydrogens is 184 g/mol. The van der Waals surface area contributed by atoms with Gasteiger partial charge in [-0.25, -0.2) is 4.98 Å². The van der Waals surface area contributed by atoms with E-state index in [0.29, 0.717) is 13.1 Å². The number of rotatable bonds is 4. The largest absolute Gasteiger partial charge is 0.355 e. The number of nitrogens with zero attached hydrogens (tertiary/aromatic N) is 1. The van der Waals surface area contributed by atoms with Crippen LogP contribution < -0.4 is 10.6 Å². The Kier molecular flexibility index (Phi) is 3.66. The van der Waals surface area contributed by atoms with Crippen LogP contribution in [0.2, 0.25) is 0 Å². The molecule has 1 aromatic heterocycles. The van der Waals surface area contributed by atoms with E-state index in [0.717, 1.165) is 0 Å². The van der Waals surface area contributed by atoms with Gasteiger partial charge in [-0.3, -0.25) is 9.59 Å². The lowest BCUT2D eigenvalue weighted by atomic mass is 10.5. The summed E-state index contributed by atoms with van der Waals surface area (Å²) in [5, 5.41) is 5.15. The molecule has 3 N–H and O–H groups in total. The van der Waals surface area contributed by atoms with Gasteiger partial charge in [-0.2, -0.15) is 0 Å². The van der Waals surface area contributed by atoms with Crippen LogP contribution in [0.1, 0.15) is 17.5 Å². The first-order valence-electron chi connectivity index (χ1n) is 4.22. The third kappa shape index (κ3) is 3.26. The van der Waals surface area contributed by atoms with Gasteiger partial charge in [0, 0.05) is 32.4 Å². The second kappa shape index (κ2) is 5.00. The summed E-state index contributed by atoms with van der Waals surface area (Å²) in [6.07, 6.45) is 3.07. The van der Waals surface area contributed by atoms with E-state index in [4.69, 9.17) is 0 Å². The molecule has 1 heterocycles. The van der Waals surface area contributed by atoms with Gasteiger partial charge in [0.15, 0.2) is 5.82 Å². The predicted octanol–water partition coefficient (Wildman–Crippen LogP) is -0.724. The van der Waals surface area contributed by atoms with Gasteiger partial charge in [-0.15, -0.1) is 0 Å². The fraction of sp³-hybridized carbons (Fsp3) is 0.375. The molecule has 6 heteroatoms. The Hall–Kier alpha value is -1.85. The van der Waals surface area contributed by atoms with E-state index in [9.17, 15) is 9.59 Å². The van der Waals surface area contributed by atoms with Crippen molar-refractivity contribution in [3.05, 3.63) is 18.2 Å². The van der Waals surface area contributed by atoms with Crippen molar-refractivity contribution in [1.29, 1.82) is 0 Å². The van der Waals surface area contributed by atoms with Crippen molar-refractivity contribution in [2.24, 2.45) is 0 Å². The topological polar surface area (TPSA) is 86.9 Å². The Balaban J connectivity index is 2.19. The summed E-state index contributed by atoms with van der Waals surface area (Å²) in [7, 11) is 0. The zero-order chi connectivity index (χ0) is 10.4. The summed E-state index contributed by atoms with van der Waals surface area (Å²) in [5.41, 5.74) is 0. The summed E-state index contributed by atoms with van der Waals surface area (Å²) in [4.78, 5) is 28.2. The number of hydrogen-bond donors (Lipinski definition) is 3. The predicted molar refractivity (Wildman–Crippen MR) is 49.6 cm³/mol. The number of carbonyl (C=O) groups excluding carboxylic acids is 2. The molecule has 1 rings (SSSR count). The second-order valence-electron chi connectivity index (χ2n) is 2.68. The molecule has 0 aliphatic heterocycles. The van der Waals surface area contributed by atoms with Crippen LogP contribution >= 0.6 is 0 Å². The average Bonchev–Trinajstić information content (AvgIpc) is 2.64. The van der Waals surface area contributed by atoms with Crippen molar-refractivity contribution in [3.63, 3.8) is 0 Å². The number of aromatic nitrogens is 2. The van der Waals surface area contributed by atoms with E-state index in [1.807, 2.05) is 0 Å². The average molecular weight is 196 g/mol. The van der Waals surface area contributed by atoms with E-state index in [1.54, 1.807) is 6.20 Å². The van der Waals surface area contributed by atoms with Crippen LogP contribution in [0.15, 0.2) is 12.4 Å². The van der Waals surface area contributed by atoms with Gasteiger partial charge in [-0.1, -0.05) is 0 Å². The van der Waals surface area contributed by atoms with E-state index < -0.39 is 0 Å². The number of amides is 2. The lowest BCUT2D eigenvalue weighted by Crippen LogP contribution is -2.34. The minimum absolute atomic E-state index is 0.114. The minimum atomic E-state index is -0.277. The summed E-state index contributed by atoms with van der Waals surface area (Å²) in [6, 6.07) is 0. The van der Waals surface area contributed by atoms with E-state index in [1.165, 1.54) is 13.1 Å². The number of aromatic amines is 1. The second-order valence-corrected chi connectivity index (χ2v) is 2.68. The Morgan fingerprint density at radius 2 is 2.14 bits per heavy atom. The van der Waals surface area contributed by atoms with Crippen molar-refractivity contribution in [3.8, 4) is 0 Å². The van der Waals surface area contributed by atoms with Gasteiger partial charge in [-0.05, 0) is 0 Å². The van der Waals surface area contributed by atoms with Gasteiger partial charge in [0.1, 0.15) is 0 Å². The molecule has 0 aliphatic carbocycles. The summed E-state index contributed by atoms with van der Waals surface area (Å²) >= 11 is 0. The molecule has 2 amide bonds. The standard InChI is InChI=1S/C8H12N4O2/c1-6(13)9-2-5-12-8(14)7-10-3-4-11-7/h3-4H,2,5H2,1H3,(H,9,13)(H,10,11)(H,12,14). The summed E-state index contributed by atoms with van der Waals surface area (Å²) in [5.74, 6) is -0.120. The van der Waals surface area contributed by atoms with Gasteiger partial charge < -0.3 is 15.6 Å². The van der Waals surface area contributed by atoms with Crippen molar-refractivity contribution in [2.75, 3.05) is 13.1 Å². The maximum atomic E-state index is 11.2. The molecule has 0 saturated heterocycles. The molecule has 0 radical (unpaired) electrons. The Bertz CT molecular complexity index is 307. The number of carbonyl (C=O) groups is 2. The van der Waals surface area contributed by atoms with Crippen molar-refractivity contribution in [1.82, 2.24) is 20.6 Å². The maximum absolute atomic E-state index is 11.2. The fourth-order valence-corrected chi connectivity index (χ4v) is 0.888. The van der Waals surface area contributed by atoms with Gasteiger partial charge in [0.25, 0.3) is 5.91 Å². The van der Waals surface area contributed by atoms with Crippen LogP contribution in [0, 0.1) is 0 Å². The highest BCUT2D eigenvalue weighted by Crippen LogP contribution is 1.86. The zero-order valence-electron chi connectivity index (χ0n) is 7.83. The SMILES string of the molecule is CC(=O)NCCNC(=O)c1ncc[nH]1. The molecule has 6 nitrogen and oxygen atoms in total. The van der Waals surface area contributed by atoms with Crippen LogP contribution in [-0.4, -0.2) is 34.9 Å². The number of imidazole rings is 1. The third-order valence-corrected chi connectivity index (χ3v) is 1.50. The monoisotopic (exact) mass is 196 g/mol. The Morgan fingerprint density at radius 1 is 1.43 bits per heavy atom. The van der Waals surface area contributed by atoms with Crippen LogP contribution in [-0.2, 0) is 4.79 Å². The zero-order valence-corrected chi connectivity index (χ0v) is 7.83. The summed E-state index contributed by atoms with van der Waals surface area (Å²) < 4.78 is 0. The van der Waals surface area contributed by atoms with Crippen LogP contribution in [0.5, 0.6) is 0 Å². The van der Waals surface area contributed by atoms with Crippen molar-refractivity contribution in [2.45, 2.75) is 6.92 Å². The Morgan fingerprint density at radius 3 is 2.71 bits per heavy atom. The molecule has 0 fully saturated rings. The fourth-order valence-electron chi connectivity index (χ4n) is 0.888. The molecule has 0 aliphatic rings. The normalized spacial score (nSPS) is 9.50. The highest BCUT2D eigenvalue weighted by Gasteiger charge is 2.05. The first-order chi connectivity index (χ1) is 6.70. The smallest absolute Gasteiger partial charge is 0.287 e. The molecule has 0 unspecified atom stereocenters. The molecule has 0 spiro atoms. The number of hydrogen-bond acceptors (Lipinski definition) is 3. The van der Waals surface area contributed by atoms with Gasteiger partial charge in [0.05, 0.1) is 0 Å². The van der Waals surface area contributed by atoms with Crippen molar-refractivity contribution < 1.29 is 9.59 Å². The van der Waals surface area contributed by atoms with Crippen LogP contribution in [0.4, 0.5) is 0 Å². The lowest BCUT2D eigenvalue weighted by Gasteiger charge is -2.03. The first-order valence-corrected chi connectivity index (χ1v) is 4.22. The molecule has 0 aromatic carbocycles. The molecule has 0 saturated carbocycles. The van der Waals surface area contributed by atoms with E-state index in [-0.39, 0.29) is 17.6 Å². The lowest BCUT2D eigenvalue weighted by molar-refractivity contribution is -0.118. The molecule has 0 atom stereocenters. The van der Waals surface area contributed by atoms with Crippen LogP contribution in [0.3, 0.4) is 0 Å². The summed E-state index contributed by atoms with van der Waals surface area (Å²) in [6.45, 7) is 2.23. The number of H-pyrrole nitrogens is 1. The molecule has 76 valence electrons. The van der Waals surface area contributed by atoms with E-state index >= 15 is 0 Å².